The third-order valence-corrected chi connectivity index (χ3v) is 15.7. The van der Waals surface area contributed by atoms with Crippen LogP contribution in [0.15, 0.2) is 128 Å². The number of fused-ring (bicyclic) bond motifs is 4. The molecule has 2 heterocycles. The number of hydrazine groups is 1. The number of imide groups is 2. The molecule has 4 amide bonds. The third-order valence-electron chi connectivity index (χ3n) is 13.0. The van der Waals surface area contributed by atoms with Gasteiger partial charge in [-0.3, -0.25) is 29.5 Å². The molecule has 6 atom stereocenters. The summed E-state index contributed by atoms with van der Waals surface area (Å²) in [5.74, 6) is -5.79. The molecule has 0 spiro atoms. The highest BCUT2D eigenvalue weighted by Gasteiger charge is 2.70. The van der Waals surface area contributed by atoms with E-state index in [1.54, 1.807) is 66.7 Å². The van der Waals surface area contributed by atoms with Crippen molar-refractivity contribution in [3.8, 4) is 17.2 Å². The molecule has 17 heteroatoms. The van der Waals surface area contributed by atoms with Gasteiger partial charge in [0.05, 0.1) is 69.6 Å². The number of benzene rings is 5. The highest BCUT2D eigenvalue weighted by molar-refractivity contribution is 9.13. The zero-order chi connectivity index (χ0) is 46.1. The summed E-state index contributed by atoms with van der Waals surface area (Å²) in [7, 11) is 6.86. The molecule has 5 aromatic carbocycles. The third kappa shape index (κ3) is 7.27. The molecule has 2 N–H and O–H groups in total. The lowest BCUT2D eigenvalue weighted by atomic mass is 9.49. The molecule has 0 radical (unpaired) electrons. The fraction of sp³-hybridized carbons (Fsp3) is 0.250. The van der Waals surface area contributed by atoms with Crippen LogP contribution in [0.3, 0.4) is 0 Å². The molecule has 4 aliphatic rings. The van der Waals surface area contributed by atoms with Gasteiger partial charge in [0.1, 0.15) is 5.75 Å². The SMILES string of the molecule is COc1ccc(C23C(=O)N(Nc4ccc(Cl)cc4Cl)C(=O)C2CC2C(=CCC4C(=O)N(c5ccc(N=Nc6ccc(N(C)C)cc6)cc5)C(=O)C42)C3c2cc(OC)c(O)c(Br)c2Br)cc1. The van der Waals surface area contributed by atoms with Gasteiger partial charge in [0.15, 0.2) is 11.5 Å². The maximum Gasteiger partial charge on any atom is 0.260 e. The first-order valence-electron chi connectivity index (χ1n) is 20.6. The van der Waals surface area contributed by atoms with Crippen LogP contribution in [0.1, 0.15) is 29.9 Å². The van der Waals surface area contributed by atoms with E-state index in [1.165, 1.54) is 25.2 Å². The van der Waals surface area contributed by atoms with E-state index in [0.717, 1.165) is 10.7 Å². The Bertz CT molecular complexity index is 2840. The molecular formula is C48H40Br2Cl2N6O7. The average Bonchev–Trinajstić information content (AvgIpc) is 3.69. The van der Waals surface area contributed by atoms with Crippen LogP contribution in [0.5, 0.6) is 17.2 Å². The zero-order valence-corrected chi connectivity index (χ0v) is 39.9. The number of amides is 4. The summed E-state index contributed by atoms with van der Waals surface area (Å²) in [6.45, 7) is 0. The highest BCUT2D eigenvalue weighted by Crippen LogP contribution is 2.66. The van der Waals surface area contributed by atoms with Crippen LogP contribution in [0, 0.1) is 23.7 Å². The van der Waals surface area contributed by atoms with Crippen LogP contribution < -0.4 is 24.7 Å². The van der Waals surface area contributed by atoms with Crippen LogP contribution in [0.2, 0.25) is 10.0 Å². The number of hydrogen-bond acceptors (Lipinski definition) is 11. The first kappa shape index (κ1) is 44.5. The van der Waals surface area contributed by atoms with Crippen LogP contribution in [-0.2, 0) is 24.6 Å². The molecule has 2 aliphatic carbocycles. The maximum absolute atomic E-state index is 15.7. The number of ether oxygens (including phenoxy) is 2. The van der Waals surface area contributed by atoms with Crippen molar-refractivity contribution in [3.63, 3.8) is 0 Å². The summed E-state index contributed by atoms with van der Waals surface area (Å²) >= 11 is 20.1. The van der Waals surface area contributed by atoms with Crippen LogP contribution >= 0.6 is 55.1 Å². The molecule has 2 aliphatic heterocycles. The normalized spacial score (nSPS) is 23.6. The molecular weight excluding hydrogens is 1000 g/mol. The molecule has 6 unspecified atom stereocenters. The number of nitrogens with zero attached hydrogens (tertiary/aromatic N) is 5. The topological polar surface area (TPSA) is 153 Å². The van der Waals surface area contributed by atoms with Gasteiger partial charge >= 0.3 is 0 Å². The van der Waals surface area contributed by atoms with E-state index >= 15 is 9.59 Å². The minimum absolute atomic E-state index is 0.0440. The molecule has 2 saturated heterocycles. The fourth-order valence-corrected chi connectivity index (χ4v) is 11.4. The predicted octanol–water partition coefficient (Wildman–Crippen LogP) is 10.9. The summed E-state index contributed by atoms with van der Waals surface area (Å²) in [6.07, 6.45) is 2.18. The molecule has 13 nitrogen and oxygen atoms in total. The number of phenolic OH excluding ortho intramolecular Hbond substituents is 1. The minimum Gasteiger partial charge on any atom is -0.503 e. The van der Waals surface area contributed by atoms with Crippen molar-refractivity contribution in [3.05, 3.63) is 139 Å². The lowest BCUT2D eigenvalue weighted by Gasteiger charge is -2.51. The van der Waals surface area contributed by atoms with Gasteiger partial charge in [-0.15, -0.1) is 0 Å². The van der Waals surface area contributed by atoms with Crippen molar-refractivity contribution < 1.29 is 33.8 Å². The summed E-state index contributed by atoms with van der Waals surface area (Å²) in [5.41, 5.74) is 5.93. The fourth-order valence-electron chi connectivity index (χ4n) is 10.0. The second kappa shape index (κ2) is 17.2. The van der Waals surface area contributed by atoms with Crippen molar-refractivity contribution in [2.24, 2.45) is 33.9 Å². The molecule has 0 aromatic heterocycles. The van der Waals surface area contributed by atoms with Crippen molar-refractivity contribution in [1.29, 1.82) is 0 Å². The van der Waals surface area contributed by atoms with E-state index in [-0.39, 0.29) is 45.4 Å². The lowest BCUT2D eigenvalue weighted by Crippen LogP contribution is -2.53. The number of halogens is 4. The molecule has 65 heavy (non-hydrogen) atoms. The zero-order valence-electron chi connectivity index (χ0n) is 35.3. The summed E-state index contributed by atoms with van der Waals surface area (Å²) in [6, 6.07) is 27.7. The smallest absolute Gasteiger partial charge is 0.260 e. The van der Waals surface area contributed by atoms with Crippen LogP contribution in [-0.4, -0.2) is 62.1 Å². The van der Waals surface area contributed by atoms with Gasteiger partial charge in [-0.25, -0.2) is 0 Å². The number of aromatic hydroxyl groups is 1. The van der Waals surface area contributed by atoms with Gasteiger partial charge in [0.2, 0.25) is 11.8 Å². The van der Waals surface area contributed by atoms with Crippen LogP contribution in [0.25, 0.3) is 0 Å². The minimum atomic E-state index is -1.65. The van der Waals surface area contributed by atoms with Crippen molar-refractivity contribution in [2.75, 3.05) is 43.5 Å². The molecule has 0 bridgehead atoms. The Morgan fingerprint density at radius 2 is 1.46 bits per heavy atom. The number of carbonyl (C=O) groups is 4. The van der Waals surface area contributed by atoms with E-state index in [0.29, 0.717) is 49.0 Å². The Morgan fingerprint density at radius 3 is 2.08 bits per heavy atom. The van der Waals surface area contributed by atoms with Crippen LogP contribution in [0.4, 0.5) is 28.4 Å². The van der Waals surface area contributed by atoms with Gasteiger partial charge in [0, 0.05) is 35.2 Å². The number of rotatable bonds is 10. The van der Waals surface area contributed by atoms with Crippen molar-refractivity contribution in [1.82, 2.24) is 5.01 Å². The Morgan fingerprint density at radius 1 is 0.800 bits per heavy atom. The molecule has 3 fully saturated rings. The van der Waals surface area contributed by atoms with E-state index in [4.69, 9.17) is 32.7 Å². The number of allylic oxidation sites excluding steroid dienone is 2. The Labute approximate surface area is 401 Å². The summed E-state index contributed by atoms with van der Waals surface area (Å²) < 4.78 is 11.8. The Kier molecular flexibility index (Phi) is 11.8. The summed E-state index contributed by atoms with van der Waals surface area (Å²) in [4.78, 5) is 63.6. The van der Waals surface area contributed by atoms with E-state index < -0.39 is 52.7 Å². The lowest BCUT2D eigenvalue weighted by molar-refractivity contribution is -0.138. The molecule has 1 saturated carbocycles. The van der Waals surface area contributed by atoms with Gasteiger partial charge in [-0.05, 0) is 147 Å². The Balaban J connectivity index is 1.15. The van der Waals surface area contributed by atoms with Gasteiger partial charge in [-0.2, -0.15) is 15.2 Å². The highest BCUT2D eigenvalue weighted by atomic mass is 79.9. The predicted molar refractivity (Wildman–Crippen MR) is 255 cm³/mol. The number of carbonyl (C=O) groups excluding carboxylic acids is 4. The number of methoxy groups -OCH3 is 2. The standard InChI is InChI=1S/C48H40Br2Cl2N6O7/c1-56(2)28-12-8-26(9-13-28)53-54-27-10-14-29(15-11-27)57-44(60)32-19-18-31-33(39(32)46(57)62)22-35-45(61)58(55-37-20-7-25(51)21-36(37)52)47(63)48(35,24-5-16-30(64-3)17-6-24)40(31)34-23-38(65-4)43(59)42(50)41(34)49/h5-18,20-21,23,32-33,35,39-40,55,59H,19,22H2,1-4H3. The second-order valence-electron chi connectivity index (χ2n) is 16.5. The number of phenols is 1. The van der Waals surface area contributed by atoms with Crippen molar-refractivity contribution in [2.45, 2.75) is 24.2 Å². The molecule has 5 aromatic rings. The van der Waals surface area contributed by atoms with E-state index in [2.05, 4.69) is 47.5 Å². The number of hydrogen-bond donors (Lipinski definition) is 2. The quantitative estimate of drug-likeness (QED) is 0.0790. The maximum atomic E-state index is 15.7. The van der Waals surface area contributed by atoms with Gasteiger partial charge < -0.3 is 19.5 Å². The monoisotopic (exact) mass is 1040 g/mol. The van der Waals surface area contributed by atoms with Gasteiger partial charge in [-0.1, -0.05) is 47.0 Å². The average molecular weight is 1040 g/mol. The van der Waals surface area contributed by atoms with E-state index in [9.17, 15) is 14.7 Å². The summed E-state index contributed by atoms with van der Waals surface area (Å²) in [5, 5.41) is 21.4. The second-order valence-corrected chi connectivity index (χ2v) is 18.9. The first-order valence-corrected chi connectivity index (χ1v) is 22.9. The van der Waals surface area contributed by atoms with Crippen molar-refractivity contribution >= 4 is 107 Å². The largest absolute Gasteiger partial charge is 0.503 e. The number of azo groups is 1. The first-order chi connectivity index (χ1) is 31.2. The van der Waals surface area contributed by atoms with E-state index in [1.807, 2.05) is 49.3 Å². The molecule has 332 valence electrons. The number of anilines is 3. The Hall–Kier alpha value is -5.74. The number of nitrogens with one attached hydrogen (secondary N) is 1. The van der Waals surface area contributed by atoms with Gasteiger partial charge in [0.25, 0.3) is 11.8 Å². The molecule has 9 rings (SSSR count).